The molecule has 1 aromatic rings. The van der Waals surface area contributed by atoms with Gasteiger partial charge >= 0.3 is 0 Å². The number of phenols is 1. The average Bonchev–Trinajstić information content (AvgIpc) is 2.91. The number of aromatic hydroxyl groups is 1. The molecule has 0 spiro atoms. The Morgan fingerprint density at radius 1 is 1.47 bits per heavy atom. The lowest BCUT2D eigenvalue weighted by atomic mass is 10.1. The number of rotatable bonds is 2. The summed E-state index contributed by atoms with van der Waals surface area (Å²) in [5.74, 6) is 0.900. The Labute approximate surface area is 104 Å². The molecule has 0 saturated carbocycles. The first kappa shape index (κ1) is 10.5. The van der Waals surface area contributed by atoms with Gasteiger partial charge in [-0.3, -0.25) is 4.99 Å². The van der Waals surface area contributed by atoms with E-state index in [0.717, 1.165) is 29.5 Å². The van der Waals surface area contributed by atoms with Crippen LogP contribution in [-0.4, -0.2) is 35.4 Å². The molecule has 0 unspecified atom stereocenters. The molecule has 88 valence electrons. The molecule has 2 heterocycles. The monoisotopic (exact) mass is 248 g/mol. The molecule has 2 aliphatic heterocycles. The van der Waals surface area contributed by atoms with Gasteiger partial charge in [-0.2, -0.15) is 0 Å². The molecule has 0 saturated heterocycles. The third-order valence-corrected chi connectivity index (χ3v) is 3.75. The Bertz CT molecular complexity index is 525. The van der Waals surface area contributed by atoms with Crippen molar-refractivity contribution in [3.8, 4) is 11.5 Å². The molecule has 0 amide bonds. The van der Waals surface area contributed by atoms with E-state index in [0.29, 0.717) is 5.75 Å². The first-order chi connectivity index (χ1) is 8.29. The van der Waals surface area contributed by atoms with Crippen LogP contribution in [0.1, 0.15) is 5.56 Å². The average molecular weight is 248 g/mol. The van der Waals surface area contributed by atoms with E-state index in [1.807, 2.05) is 17.5 Å². The van der Waals surface area contributed by atoms with E-state index >= 15 is 0 Å². The molecule has 4 nitrogen and oxygen atoms in total. The standard InChI is InChI=1S/C12H12N2O2S/c1-16-8-2-3-9(11(15)6-8)10-7-17-12-13-4-5-14(10)12/h2-3,6-7,15H,4-5H2,1H3. The first-order valence-electron chi connectivity index (χ1n) is 5.36. The molecule has 1 N–H and O–H groups in total. The zero-order valence-corrected chi connectivity index (χ0v) is 10.2. The number of methoxy groups -OCH3 is 1. The number of hydrogen-bond acceptors (Lipinski definition) is 5. The zero-order chi connectivity index (χ0) is 11.8. The van der Waals surface area contributed by atoms with Gasteiger partial charge in [-0.1, -0.05) is 11.8 Å². The maximum Gasteiger partial charge on any atom is 0.168 e. The third kappa shape index (κ3) is 1.67. The van der Waals surface area contributed by atoms with Crippen molar-refractivity contribution in [1.82, 2.24) is 4.90 Å². The number of aliphatic imine (C=N–C) groups is 1. The van der Waals surface area contributed by atoms with Crippen LogP contribution in [0.5, 0.6) is 11.5 Å². The van der Waals surface area contributed by atoms with Crippen LogP contribution in [0.3, 0.4) is 0 Å². The number of amidine groups is 1. The van der Waals surface area contributed by atoms with Gasteiger partial charge in [0, 0.05) is 23.6 Å². The van der Waals surface area contributed by atoms with Gasteiger partial charge < -0.3 is 14.7 Å². The second-order valence-corrected chi connectivity index (χ2v) is 4.66. The number of fused-ring (bicyclic) bond motifs is 1. The topological polar surface area (TPSA) is 45.1 Å². The van der Waals surface area contributed by atoms with E-state index in [1.54, 1.807) is 24.9 Å². The Morgan fingerprint density at radius 2 is 2.35 bits per heavy atom. The van der Waals surface area contributed by atoms with Gasteiger partial charge in [-0.25, -0.2) is 0 Å². The van der Waals surface area contributed by atoms with Crippen molar-refractivity contribution >= 4 is 22.6 Å². The Kier molecular flexibility index (Phi) is 2.48. The predicted octanol–water partition coefficient (Wildman–Crippen LogP) is 2.12. The van der Waals surface area contributed by atoms with Crippen LogP contribution in [0.2, 0.25) is 0 Å². The third-order valence-electron chi connectivity index (χ3n) is 2.85. The van der Waals surface area contributed by atoms with E-state index in [-0.39, 0.29) is 5.75 Å². The molecular formula is C12H12N2O2S. The number of thioether (sulfide) groups is 1. The minimum Gasteiger partial charge on any atom is -0.507 e. The smallest absolute Gasteiger partial charge is 0.168 e. The number of ether oxygens (including phenoxy) is 1. The maximum atomic E-state index is 10.0. The van der Waals surface area contributed by atoms with E-state index in [9.17, 15) is 5.11 Å². The highest BCUT2D eigenvalue weighted by atomic mass is 32.2. The summed E-state index contributed by atoms with van der Waals surface area (Å²) in [7, 11) is 1.59. The summed E-state index contributed by atoms with van der Waals surface area (Å²) in [5.41, 5.74) is 1.84. The summed E-state index contributed by atoms with van der Waals surface area (Å²) in [4.78, 5) is 6.52. The summed E-state index contributed by atoms with van der Waals surface area (Å²) in [6.45, 7) is 1.72. The number of nitrogens with zero attached hydrogens (tertiary/aromatic N) is 2. The van der Waals surface area contributed by atoms with Crippen LogP contribution in [0.4, 0.5) is 0 Å². The van der Waals surface area contributed by atoms with Crippen LogP contribution in [0, 0.1) is 0 Å². The van der Waals surface area contributed by atoms with Crippen molar-refractivity contribution in [1.29, 1.82) is 0 Å². The summed E-state index contributed by atoms with van der Waals surface area (Å²) < 4.78 is 5.08. The van der Waals surface area contributed by atoms with Crippen LogP contribution in [0.15, 0.2) is 28.6 Å². The number of phenolic OH excluding ortho intramolecular Hbond substituents is 1. The van der Waals surface area contributed by atoms with Crippen molar-refractivity contribution in [2.24, 2.45) is 4.99 Å². The fourth-order valence-electron chi connectivity index (χ4n) is 1.99. The second-order valence-electron chi connectivity index (χ2n) is 3.82. The van der Waals surface area contributed by atoms with E-state index < -0.39 is 0 Å². The minimum atomic E-state index is 0.240. The van der Waals surface area contributed by atoms with E-state index in [1.165, 1.54) is 0 Å². The molecule has 17 heavy (non-hydrogen) atoms. The highest BCUT2D eigenvalue weighted by Crippen LogP contribution is 2.39. The van der Waals surface area contributed by atoms with Crippen LogP contribution in [0.25, 0.3) is 5.70 Å². The highest BCUT2D eigenvalue weighted by Gasteiger charge is 2.28. The van der Waals surface area contributed by atoms with Gasteiger partial charge in [0.05, 0.1) is 19.4 Å². The first-order valence-corrected chi connectivity index (χ1v) is 6.24. The molecule has 0 aliphatic carbocycles. The van der Waals surface area contributed by atoms with Crippen molar-refractivity contribution < 1.29 is 9.84 Å². The fourth-order valence-corrected chi connectivity index (χ4v) is 2.94. The summed E-state index contributed by atoms with van der Waals surface area (Å²) in [5, 5.41) is 13.1. The van der Waals surface area contributed by atoms with Crippen LogP contribution in [-0.2, 0) is 0 Å². The molecule has 5 heteroatoms. The summed E-state index contributed by atoms with van der Waals surface area (Å²) in [6.07, 6.45) is 0. The lowest BCUT2D eigenvalue weighted by Gasteiger charge is -2.17. The predicted molar refractivity (Wildman–Crippen MR) is 69.2 cm³/mol. The Balaban J connectivity index is 1.97. The van der Waals surface area contributed by atoms with Gasteiger partial charge in [0.2, 0.25) is 0 Å². The van der Waals surface area contributed by atoms with Crippen molar-refractivity contribution in [2.75, 3.05) is 20.2 Å². The number of benzene rings is 1. The minimum absolute atomic E-state index is 0.240. The van der Waals surface area contributed by atoms with Crippen LogP contribution < -0.4 is 4.74 Å². The fraction of sp³-hybridized carbons (Fsp3) is 0.250. The lowest BCUT2D eigenvalue weighted by molar-refractivity contribution is 0.407. The summed E-state index contributed by atoms with van der Waals surface area (Å²) >= 11 is 1.61. The molecule has 1 aromatic carbocycles. The Hall–Kier alpha value is -1.62. The van der Waals surface area contributed by atoms with E-state index in [2.05, 4.69) is 9.89 Å². The normalized spacial score (nSPS) is 17.8. The number of hydrogen-bond donors (Lipinski definition) is 1. The molecule has 2 aliphatic rings. The molecule has 3 rings (SSSR count). The lowest BCUT2D eigenvalue weighted by Crippen LogP contribution is -2.19. The molecule has 0 atom stereocenters. The largest absolute Gasteiger partial charge is 0.507 e. The molecule has 0 fully saturated rings. The zero-order valence-electron chi connectivity index (χ0n) is 9.38. The van der Waals surface area contributed by atoms with Gasteiger partial charge in [-0.15, -0.1) is 0 Å². The summed E-state index contributed by atoms with van der Waals surface area (Å²) in [6, 6.07) is 5.36. The quantitative estimate of drug-likeness (QED) is 0.870. The highest BCUT2D eigenvalue weighted by molar-refractivity contribution is 8.16. The van der Waals surface area contributed by atoms with Crippen LogP contribution >= 0.6 is 11.8 Å². The Morgan fingerprint density at radius 3 is 3.12 bits per heavy atom. The van der Waals surface area contributed by atoms with Gasteiger partial charge in [-0.05, 0) is 12.1 Å². The molecule has 0 aromatic heterocycles. The van der Waals surface area contributed by atoms with Crippen molar-refractivity contribution in [3.05, 3.63) is 29.2 Å². The van der Waals surface area contributed by atoms with Crippen molar-refractivity contribution in [3.63, 3.8) is 0 Å². The SMILES string of the molecule is COc1ccc(C2=CSC3=NCCN23)c(O)c1. The van der Waals surface area contributed by atoms with Gasteiger partial charge in [0.1, 0.15) is 11.5 Å². The van der Waals surface area contributed by atoms with Gasteiger partial charge in [0.25, 0.3) is 0 Å². The van der Waals surface area contributed by atoms with E-state index in [4.69, 9.17) is 4.74 Å². The molecule has 0 bridgehead atoms. The maximum absolute atomic E-state index is 10.0. The molecule has 0 radical (unpaired) electrons. The van der Waals surface area contributed by atoms with Gasteiger partial charge in [0.15, 0.2) is 5.17 Å². The molecular weight excluding hydrogens is 236 g/mol. The van der Waals surface area contributed by atoms with Crippen molar-refractivity contribution in [2.45, 2.75) is 0 Å². The second kappa shape index (κ2) is 4.00.